The molecule has 0 saturated carbocycles. The number of aromatic nitrogens is 2. The van der Waals surface area contributed by atoms with Gasteiger partial charge in [0.05, 0.1) is 0 Å². The van der Waals surface area contributed by atoms with E-state index in [1.54, 1.807) is 6.20 Å². The number of nitrogens with zero attached hydrogens (tertiary/aromatic N) is 1. The molecule has 1 aliphatic heterocycles. The van der Waals surface area contributed by atoms with Gasteiger partial charge in [-0.25, -0.2) is 0 Å². The van der Waals surface area contributed by atoms with E-state index < -0.39 is 42.5 Å². The zero-order chi connectivity index (χ0) is 15.1. The van der Waals surface area contributed by atoms with Gasteiger partial charge in [-0.05, 0) is 0 Å². The molecule has 0 aromatic carbocycles. The molecule has 0 bridgehead atoms. The minimum atomic E-state index is -2.65. The first-order valence-corrected chi connectivity index (χ1v) is 16.5. The number of hydrogen-bond acceptors (Lipinski definition) is 5. The fraction of sp³-hybridized carbons (Fsp3) is 0.667. The van der Waals surface area contributed by atoms with E-state index in [2.05, 4.69) is 19.8 Å². The van der Waals surface area contributed by atoms with E-state index in [-0.39, 0.29) is 18.6 Å². The molecule has 0 radical (unpaired) electrons. The first-order valence-electron chi connectivity index (χ1n) is 6.54. The van der Waals surface area contributed by atoms with E-state index in [0.717, 1.165) is 0 Å². The zero-order valence-corrected chi connectivity index (χ0v) is 14.6. The zero-order valence-electron chi connectivity index (χ0n) is 11.8. The molecule has 8 heteroatoms. The van der Waals surface area contributed by atoms with Crippen molar-refractivity contribution in [3.63, 3.8) is 0 Å². The maximum atomic E-state index is 11.9. The number of hydrogen-bond donors (Lipinski definition) is 3. The Kier molecular flexibility index (Phi) is 4.43. The van der Waals surface area contributed by atoms with Crippen LogP contribution in [0.25, 0.3) is 0 Å². The van der Waals surface area contributed by atoms with Gasteiger partial charge in [0, 0.05) is 0 Å². The molecule has 1 aliphatic rings. The average Bonchev–Trinajstić information content (AvgIpc) is 2.68. The molecule has 2 rings (SSSR count). The van der Waals surface area contributed by atoms with Crippen LogP contribution in [0.4, 0.5) is 0 Å². The van der Waals surface area contributed by atoms with E-state index in [4.69, 9.17) is 9.84 Å². The van der Waals surface area contributed by atoms with Crippen molar-refractivity contribution in [3.8, 4) is 0 Å². The molecule has 3 N–H and O–H groups in total. The number of rotatable bonds is 3. The molecule has 0 spiro atoms. The van der Waals surface area contributed by atoms with Gasteiger partial charge in [0.2, 0.25) is 0 Å². The maximum absolute atomic E-state index is 11.9. The number of H-pyrrole nitrogens is 1. The summed E-state index contributed by atoms with van der Waals surface area (Å²) in [4.78, 5) is 32.4. The normalized spacial score (nSPS) is 26.9. The van der Waals surface area contributed by atoms with E-state index in [1.807, 2.05) is 0 Å². The average molecular weight is 391 g/mol. The topological polar surface area (TPSA) is 105 Å². The Morgan fingerprint density at radius 2 is 2.10 bits per heavy atom. The van der Waals surface area contributed by atoms with Gasteiger partial charge < -0.3 is 0 Å². The molecule has 2 heterocycles. The fourth-order valence-corrected chi connectivity index (χ4v) is 5.91. The third kappa shape index (κ3) is 3.00. The fourth-order valence-electron chi connectivity index (χ4n) is 2.28. The van der Waals surface area contributed by atoms with Gasteiger partial charge in [-0.1, -0.05) is 0 Å². The summed E-state index contributed by atoms with van der Waals surface area (Å²) in [6.45, 7) is -0.304. The molecule has 1 fully saturated rings. The Hall–Kier alpha value is -0.641. The van der Waals surface area contributed by atoms with Crippen LogP contribution in [0.2, 0.25) is 14.8 Å². The summed E-state index contributed by atoms with van der Waals surface area (Å²) in [5, 5.41) is 18.8. The second-order valence-electron chi connectivity index (χ2n) is 6.07. The van der Waals surface area contributed by atoms with Crippen LogP contribution in [-0.2, 0) is 4.74 Å². The van der Waals surface area contributed by atoms with Crippen LogP contribution < -0.4 is 14.8 Å². The monoisotopic (exact) mass is 392 g/mol. The van der Waals surface area contributed by atoms with Gasteiger partial charge in [0.15, 0.2) is 0 Å². The molecule has 0 unspecified atom stereocenters. The summed E-state index contributed by atoms with van der Waals surface area (Å²) >= 11 is -2.65. The van der Waals surface area contributed by atoms with Crippen molar-refractivity contribution in [1.29, 1.82) is 0 Å². The number of aliphatic hydroxyl groups is 2. The summed E-state index contributed by atoms with van der Waals surface area (Å²) in [5.74, 6) is 0. The minimum absolute atomic E-state index is 0.219. The summed E-state index contributed by atoms with van der Waals surface area (Å²) in [6, 6.07) is 0. The second kappa shape index (κ2) is 5.63. The van der Waals surface area contributed by atoms with E-state index >= 15 is 0 Å². The molecule has 1 saturated heterocycles. The number of aliphatic hydroxyl groups excluding tert-OH is 2. The van der Waals surface area contributed by atoms with Crippen molar-refractivity contribution >= 4 is 22.0 Å². The third-order valence-electron chi connectivity index (χ3n) is 3.47. The number of nitrogens with one attached hydrogen (secondary N) is 1. The molecule has 1 aromatic rings. The third-order valence-corrected chi connectivity index (χ3v) is 9.10. The Morgan fingerprint density at radius 1 is 1.45 bits per heavy atom. The predicted molar refractivity (Wildman–Crippen MR) is 75.9 cm³/mol. The van der Waals surface area contributed by atoms with E-state index in [1.165, 1.54) is 4.57 Å². The summed E-state index contributed by atoms with van der Waals surface area (Å²) in [6.07, 6.45) is -0.380. The van der Waals surface area contributed by atoms with Crippen LogP contribution in [0.3, 0.4) is 0 Å². The molecule has 1 aromatic heterocycles. The van der Waals surface area contributed by atoms with Gasteiger partial charge in [-0.3, -0.25) is 0 Å². The van der Waals surface area contributed by atoms with Crippen molar-refractivity contribution in [2.24, 2.45) is 0 Å². The molecule has 20 heavy (non-hydrogen) atoms. The van der Waals surface area contributed by atoms with Crippen LogP contribution in [0.15, 0.2) is 15.8 Å². The molecular weight excluding hydrogens is 371 g/mol. The number of ether oxygens (including phenoxy) is 1. The molecule has 7 nitrogen and oxygen atoms in total. The summed E-state index contributed by atoms with van der Waals surface area (Å²) < 4.78 is 7.45. The van der Waals surface area contributed by atoms with Crippen LogP contribution in [-0.4, -0.2) is 57.0 Å². The van der Waals surface area contributed by atoms with Gasteiger partial charge >= 0.3 is 120 Å². The summed E-state index contributed by atoms with van der Waals surface area (Å²) in [7, 11) is 0. The van der Waals surface area contributed by atoms with Crippen LogP contribution in [0.5, 0.6) is 0 Å². The summed E-state index contributed by atoms with van der Waals surface area (Å²) in [5.41, 5.74) is -0.878. The van der Waals surface area contributed by atoms with E-state index in [9.17, 15) is 14.7 Å². The number of aromatic amines is 1. The Labute approximate surface area is 120 Å². The van der Waals surface area contributed by atoms with Gasteiger partial charge in [0.25, 0.3) is 0 Å². The second-order valence-corrected chi connectivity index (χ2v) is 20.5. The van der Waals surface area contributed by atoms with Crippen molar-refractivity contribution < 1.29 is 14.9 Å². The SMILES string of the molecule is [CH3][Sn]([CH3])([CH3])[c]1cn([C@@H]2C[C@H](O)[C@@H](CO)O2)c(=O)[nH]c1=O. The standard InChI is InChI=1S/C9H11N2O5.3CH3.Sn/c12-4-6-5(13)3-8(16-6)11-2-1-7(14)10-9(11)15;;;;/h2,5-6,8,12-13H,3-4H2,(H,10,14,15);3*1H3;/t5-,6+,8-;;;;/m0..../s1. The first kappa shape index (κ1) is 15.7. The van der Waals surface area contributed by atoms with E-state index in [0.29, 0.717) is 3.58 Å². The van der Waals surface area contributed by atoms with Crippen LogP contribution in [0.1, 0.15) is 12.6 Å². The van der Waals surface area contributed by atoms with Gasteiger partial charge in [0.1, 0.15) is 0 Å². The molecule has 3 atom stereocenters. The van der Waals surface area contributed by atoms with Crippen LogP contribution >= 0.6 is 0 Å². The van der Waals surface area contributed by atoms with Crippen molar-refractivity contribution in [2.75, 3.05) is 6.61 Å². The van der Waals surface area contributed by atoms with Gasteiger partial charge in [-0.15, -0.1) is 0 Å². The predicted octanol–water partition coefficient (Wildman–Crippen LogP) is -1.28. The molecule has 0 amide bonds. The van der Waals surface area contributed by atoms with Crippen LogP contribution in [0, 0.1) is 0 Å². The van der Waals surface area contributed by atoms with Gasteiger partial charge in [-0.2, -0.15) is 0 Å². The first-order chi connectivity index (χ1) is 9.24. The van der Waals surface area contributed by atoms with Crippen molar-refractivity contribution in [1.82, 2.24) is 9.55 Å². The molecule has 112 valence electrons. The van der Waals surface area contributed by atoms with Crippen molar-refractivity contribution in [2.45, 2.75) is 39.7 Å². The Balaban J connectivity index is 2.43. The molecule has 0 aliphatic carbocycles. The quantitative estimate of drug-likeness (QED) is 0.558. The Morgan fingerprint density at radius 3 is 2.60 bits per heavy atom. The Bertz CT molecular complexity index is 603. The van der Waals surface area contributed by atoms with Crippen molar-refractivity contribution in [3.05, 3.63) is 27.0 Å². The molecular formula is C12H20N2O5Sn.